The molecule has 2 rings (SSSR count). The molecule has 1 unspecified atom stereocenters. The average Bonchev–Trinajstić information content (AvgIpc) is 2.95. The Morgan fingerprint density at radius 2 is 2.23 bits per heavy atom. The first-order valence-corrected chi connectivity index (χ1v) is 8.71. The third-order valence-corrected chi connectivity index (χ3v) is 5.30. The molecular weight excluding hydrogens is 304 g/mol. The maximum absolute atomic E-state index is 12.4. The minimum absolute atomic E-state index is 0.103. The molecule has 0 aliphatic carbocycles. The van der Waals surface area contributed by atoms with Crippen LogP contribution in [0, 0.1) is 0 Å². The lowest BCUT2D eigenvalue weighted by atomic mass is 9.99. The molecule has 2 N–H and O–H groups in total. The van der Waals surface area contributed by atoms with E-state index >= 15 is 0 Å². The lowest BCUT2D eigenvalue weighted by Crippen LogP contribution is -2.52. The van der Waals surface area contributed by atoms with E-state index in [1.165, 1.54) is 19.1 Å². The quantitative estimate of drug-likeness (QED) is 0.729. The van der Waals surface area contributed by atoms with E-state index < -0.39 is 10.0 Å². The van der Waals surface area contributed by atoms with Crippen LogP contribution in [-0.2, 0) is 14.8 Å². The lowest BCUT2D eigenvalue weighted by molar-refractivity contribution is 0.101. The largest absolute Gasteiger partial charge is 0.383 e. The fourth-order valence-electron chi connectivity index (χ4n) is 2.67. The van der Waals surface area contributed by atoms with Crippen molar-refractivity contribution < 1.29 is 17.9 Å². The SMILES string of the molecule is COCC1(CNS(=O)(=O)c2cccc(C(C)=O)c2)CCCN1. The van der Waals surface area contributed by atoms with Crippen LogP contribution in [0.4, 0.5) is 0 Å². The highest BCUT2D eigenvalue weighted by molar-refractivity contribution is 7.89. The van der Waals surface area contributed by atoms with Crippen LogP contribution in [0.5, 0.6) is 0 Å². The molecule has 0 bridgehead atoms. The molecule has 1 aromatic rings. The zero-order chi connectivity index (χ0) is 16.2. The highest BCUT2D eigenvalue weighted by Crippen LogP contribution is 2.20. The van der Waals surface area contributed by atoms with Crippen molar-refractivity contribution >= 4 is 15.8 Å². The zero-order valence-electron chi connectivity index (χ0n) is 12.9. The van der Waals surface area contributed by atoms with Crippen LogP contribution >= 0.6 is 0 Å². The van der Waals surface area contributed by atoms with E-state index in [4.69, 9.17) is 4.74 Å². The molecule has 1 fully saturated rings. The van der Waals surface area contributed by atoms with Crippen molar-refractivity contribution in [2.45, 2.75) is 30.2 Å². The molecule has 1 saturated heterocycles. The van der Waals surface area contributed by atoms with Crippen LogP contribution in [0.25, 0.3) is 0 Å². The van der Waals surface area contributed by atoms with Crippen LogP contribution in [0.3, 0.4) is 0 Å². The van der Waals surface area contributed by atoms with Gasteiger partial charge in [0.2, 0.25) is 10.0 Å². The summed E-state index contributed by atoms with van der Waals surface area (Å²) in [7, 11) is -2.05. The second-order valence-corrected chi connectivity index (χ2v) is 7.42. The number of rotatable bonds is 7. The van der Waals surface area contributed by atoms with Gasteiger partial charge < -0.3 is 10.1 Å². The van der Waals surface area contributed by atoms with E-state index in [-0.39, 0.29) is 22.8 Å². The van der Waals surface area contributed by atoms with Gasteiger partial charge in [-0.3, -0.25) is 4.79 Å². The van der Waals surface area contributed by atoms with Crippen LogP contribution in [0.15, 0.2) is 29.2 Å². The van der Waals surface area contributed by atoms with Crippen molar-refractivity contribution in [1.82, 2.24) is 10.0 Å². The molecule has 0 spiro atoms. The average molecular weight is 326 g/mol. The molecule has 1 heterocycles. The number of carbonyl (C=O) groups is 1. The Bertz CT molecular complexity index is 637. The number of benzene rings is 1. The Labute approximate surface area is 131 Å². The Morgan fingerprint density at radius 3 is 2.82 bits per heavy atom. The van der Waals surface area contributed by atoms with Gasteiger partial charge in [0, 0.05) is 19.2 Å². The van der Waals surface area contributed by atoms with Gasteiger partial charge in [-0.05, 0) is 38.4 Å². The van der Waals surface area contributed by atoms with E-state index in [9.17, 15) is 13.2 Å². The van der Waals surface area contributed by atoms with E-state index in [0.717, 1.165) is 19.4 Å². The Morgan fingerprint density at radius 1 is 1.45 bits per heavy atom. The predicted molar refractivity (Wildman–Crippen MR) is 83.5 cm³/mol. The van der Waals surface area contributed by atoms with Crippen LogP contribution < -0.4 is 10.0 Å². The molecule has 122 valence electrons. The fraction of sp³-hybridized carbons (Fsp3) is 0.533. The van der Waals surface area contributed by atoms with Crippen LogP contribution in [0.2, 0.25) is 0 Å². The molecule has 1 aliphatic heterocycles. The summed E-state index contributed by atoms with van der Waals surface area (Å²) >= 11 is 0. The van der Waals surface area contributed by atoms with Crippen molar-refractivity contribution in [2.24, 2.45) is 0 Å². The standard InChI is InChI=1S/C15H22N2O4S/c1-12(18)13-5-3-6-14(9-13)22(19,20)17-10-15(11-21-2)7-4-8-16-15/h3,5-6,9,16-17H,4,7-8,10-11H2,1-2H3. The Balaban J connectivity index is 2.14. The number of ether oxygens (including phenoxy) is 1. The first-order valence-electron chi connectivity index (χ1n) is 7.23. The summed E-state index contributed by atoms with van der Waals surface area (Å²) in [6, 6.07) is 6.06. The maximum atomic E-state index is 12.4. The number of sulfonamides is 1. The highest BCUT2D eigenvalue weighted by atomic mass is 32.2. The minimum Gasteiger partial charge on any atom is -0.383 e. The minimum atomic E-state index is -3.66. The molecule has 1 aromatic carbocycles. The smallest absolute Gasteiger partial charge is 0.240 e. The normalized spacial score (nSPS) is 21.9. The molecule has 22 heavy (non-hydrogen) atoms. The van der Waals surface area contributed by atoms with Gasteiger partial charge in [0.05, 0.1) is 17.0 Å². The van der Waals surface area contributed by atoms with Gasteiger partial charge in [0.25, 0.3) is 0 Å². The summed E-state index contributed by atoms with van der Waals surface area (Å²) in [5.41, 5.74) is 0.0217. The number of ketones is 1. The number of methoxy groups -OCH3 is 1. The molecule has 0 saturated carbocycles. The lowest BCUT2D eigenvalue weighted by Gasteiger charge is -2.28. The molecule has 0 aromatic heterocycles. The molecule has 0 amide bonds. The Hall–Kier alpha value is -1.28. The van der Waals surface area contributed by atoms with Crippen molar-refractivity contribution in [2.75, 3.05) is 26.8 Å². The summed E-state index contributed by atoms with van der Waals surface area (Å²) < 4.78 is 32.7. The molecule has 1 aliphatic rings. The fourth-order valence-corrected chi connectivity index (χ4v) is 3.84. The predicted octanol–water partition coefficient (Wildman–Crippen LogP) is 0.936. The van der Waals surface area contributed by atoms with Gasteiger partial charge in [-0.25, -0.2) is 13.1 Å². The van der Waals surface area contributed by atoms with Crippen molar-refractivity contribution in [3.63, 3.8) is 0 Å². The first-order chi connectivity index (χ1) is 10.4. The van der Waals surface area contributed by atoms with E-state index in [0.29, 0.717) is 12.2 Å². The molecule has 6 nitrogen and oxygen atoms in total. The van der Waals surface area contributed by atoms with E-state index in [1.54, 1.807) is 19.2 Å². The second kappa shape index (κ2) is 6.87. The van der Waals surface area contributed by atoms with Crippen LogP contribution in [0.1, 0.15) is 30.1 Å². The van der Waals surface area contributed by atoms with Gasteiger partial charge in [0.15, 0.2) is 5.78 Å². The summed E-state index contributed by atoms with van der Waals surface area (Å²) in [4.78, 5) is 11.5. The molecule has 7 heteroatoms. The third-order valence-electron chi connectivity index (χ3n) is 3.90. The number of Topliss-reactive ketones (excluding diaryl/α,β-unsaturated/α-hetero) is 1. The Kier molecular flexibility index (Phi) is 5.33. The summed E-state index contributed by atoms with van der Waals surface area (Å²) in [5.74, 6) is -0.162. The summed E-state index contributed by atoms with van der Waals surface area (Å²) in [5, 5.41) is 3.32. The number of hydrogen-bond donors (Lipinski definition) is 2. The van der Waals surface area contributed by atoms with E-state index in [2.05, 4.69) is 10.0 Å². The molecule has 0 radical (unpaired) electrons. The molecular formula is C15H22N2O4S. The summed E-state index contributed by atoms with van der Waals surface area (Å²) in [6.45, 7) is 2.97. The van der Waals surface area contributed by atoms with Crippen molar-refractivity contribution in [1.29, 1.82) is 0 Å². The summed E-state index contributed by atoms with van der Waals surface area (Å²) in [6.07, 6.45) is 1.85. The monoisotopic (exact) mass is 326 g/mol. The molecule has 1 atom stereocenters. The van der Waals surface area contributed by atoms with Gasteiger partial charge in [0.1, 0.15) is 0 Å². The highest BCUT2D eigenvalue weighted by Gasteiger charge is 2.34. The second-order valence-electron chi connectivity index (χ2n) is 5.65. The van der Waals surface area contributed by atoms with Gasteiger partial charge in [-0.1, -0.05) is 12.1 Å². The topological polar surface area (TPSA) is 84.5 Å². The van der Waals surface area contributed by atoms with Crippen molar-refractivity contribution in [3.05, 3.63) is 29.8 Å². The number of nitrogens with one attached hydrogen (secondary N) is 2. The van der Waals surface area contributed by atoms with Crippen LogP contribution in [-0.4, -0.2) is 46.5 Å². The number of carbonyl (C=O) groups excluding carboxylic acids is 1. The van der Waals surface area contributed by atoms with Gasteiger partial charge in [-0.2, -0.15) is 0 Å². The van der Waals surface area contributed by atoms with Crippen molar-refractivity contribution in [3.8, 4) is 0 Å². The number of hydrogen-bond acceptors (Lipinski definition) is 5. The van der Waals surface area contributed by atoms with E-state index in [1.807, 2.05) is 0 Å². The maximum Gasteiger partial charge on any atom is 0.240 e. The first kappa shape index (κ1) is 17.1. The third kappa shape index (κ3) is 3.92. The zero-order valence-corrected chi connectivity index (χ0v) is 13.7. The van der Waals surface area contributed by atoms with Gasteiger partial charge in [-0.15, -0.1) is 0 Å². The van der Waals surface area contributed by atoms with Gasteiger partial charge >= 0.3 is 0 Å².